The van der Waals surface area contributed by atoms with Crippen LogP contribution in [0.15, 0.2) is 78.9 Å². The van der Waals surface area contributed by atoms with E-state index in [0.29, 0.717) is 6.04 Å². The van der Waals surface area contributed by atoms with Crippen molar-refractivity contribution in [1.82, 2.24) is 9.62 Å². The molecule has 3 aromatic carbocycles. The van der Waals surface area contributed by atoms with Gasteiger partial charge in [0.05, 0.1) is 7.11 Å². The Morgan fingerprint density at radius 2 is 1.62 bits per heavy atom. The molecule has 0 aliphatic heterocycles. The lowest BCUT2D eigenvalue weighted by Crippen LogP contribution is -2.54. The number of hydrogen-bond acceptors (Lipinski definition) is 6. The third kappa shape index (κ3) is 7.91. The van der Waals surface area contributed by atoms with Crippen molar-refractivity contribution >= 4 is 16.1 Å². The predicted octanol–water partition coefficient (Wildman–Crippen LogP) is 5.82. The summed E-state index contributed by atoms with van der Waals surface area (Å²) in [6, 6.07) is 27.2. The number of carbonyl (C=O) groups is 1. The summed E-state index contributed by atoms with van der Waals surface area (Å²) in [5, 5.41) is 3.73. The number of nitrogens with two attached hydrogens (primary N) is 1. The van der Waals surface area contributed by atoms with Crippen molar-refractivity contribution in [2.45, 2.75) is 70.0 Å². The molecule has 0 atom stereocenters. The topological polar surface area (TPSA) is 111 Å². The molecular weight excluding hydrogens is 550 g/mol. The number of benzene rings is 3. The van der Waals surface area contributed by atoms with Crippen LogP contribution in [0.1, 0.15) is 57.6 Å². The molecular formula is C33H43N3O5S. The third-order valence-corrected chi connectivity index (χ3v) is 9.93. The van der Waals surface area contributed by atoms with Gasteiger partial charge in [0.15, 0.2) is 0 Å². The monoisotopic (exact) mass is 593 g/mol. The first-order valence-electron chi connectivity index (χ1n) is 14.4. The van der Waals surface area contributed by atoms with Crippen LogP contribution < -0.4 is 15.8 Å². The standard InChI is InChI=1S/C33H43N3O5S/c1-32(2,3)36(42(38,39)24-41-31(34)37)23-33(28-11-8-12-30(21-28)40-4)19-17-29(18-20-33)35-22-25-13-15-27(16-14-25)26-9-6-5-7-10-26/h5-16,21,29,35H,17-20,22-24H2,1-4H3,(H2,34,37). The van der Waals surface area contributed by atoms with Crippen LogP contribution in [0.2, 0.25) is 0 Å². The minimum absolute atomic E-state index is 0.252. The maximum absolute atomic E-state index is 13.4. The van der Waals surface area contributed by atoms with Gasteiger partial charge in [0.2, 0.25) is 16.0 Å². The van der Waals surface area contributed by atoms with E-state index in [9.17, 15) is 13.2 Å². The van der Waals surface area contributed by atoms with Gasteiger partial charge in [0.1, 0.15) is 5.75 Å². The summed E-state index contributed by atoms with van der Waals surface area (Å²) in [5.74, 6) is -0.0607. The number of ether oxygens (including phenoxy) is 2. The molecule has 1 fully saturated rings. The Kier molecular flexibility index (Phi) is 9.97. The lowest BCUT2D eigenvalue weighted by atomic mass is 9.67. The zero-order chi connectivity index (χ0) is 30.4. The van der Waals surface area contributed by atoms with Crippen molar-refractivity contribution in [3.8, 4) is 16.9 Å². The van der Waals surface area contributed by atoms with Gasteiger partial charge in [-0.1, -0.05) is 66.7 Å². The summed E-state index contributed by atoms with van der Waals surface area (Å²) in [7, 11) is -2.33. The van der Waals surface area contributed by atoms with E-state index in [1.54, 1.807) is 7.11 Å². The quantitative estimate of drug-likeness (QED) is 0.290. The Bertz CT molecular complexity index is 1430. The predicted molar refractivity (Wildman–Crippen MR) is 167 cm³/mol. The molecule has 1 saturated carbocycles. The van der Waals surface area contributed by atoms with Crippen LogP contribution in [0.25, 0.3) is 11.1 Å². The van der Waals surface area contributed by atoms with Crippen molar-refractivity contribution in [3.05, 3.63) is 90.0 Å². The van der Waals surface area contributed by atoms with Crippen molar-refractivity contribution < 1.29 is 22.7 Å². The van der Waals surface area contributed by atoms with Gasteiger partial charge in [-0.05, 0) is 80.8 Å². The fraction of sp³-hybridized carbons (Fsp3) is 0.424. The molecule has 1 aliphatic carbocycles. The van der Waals surface area contributed by atoms with Gasteiger partial charge in [0.25, 0.3) is 0 Å². The molecule has 0 spiro atoms. The molecule has 0 saturated heterocycles. The fourth-order valence-corrected chi connectivity index (χ4v) is 7.47. The summed E-state index contributed by atoms with van der Waals surface area (Å²) in [5.41, 5.74) is 8.56. The van der Waals surface area contributed by atoms with E-state index in [1.807, 2.05) is 57.2 Å². The molecule has 9 heteroatoms. The second-order valence-corrected chi connectivity index (χ2v) is 13.9. The number of sulfonamides is 1. The average Bonchev–Trinajstić information content (AvgIpc) is 2.98. The Labute approximate surface area is 250 Å². The number of rotatable bonds is 11. The van der Waals surface area contributed by atoms with E-state index >= 15 is 0 Å². The first-order chi connectivity index (χ1) is 19.9. The van der Waals surface area contributed by atoms with Crippen LogP contribution in [0.3, 0.4) is 0 Å². The highest BCUT2D eigenvalue weighted by Gasteiger charge is 2.44. The van der Waals surface area contributed by atoms with Gasteiger partial charge < -0.3 is 20.5 Å². The van der Waals surface area contributed by atoms with Crippen LogP contribution >= 0.6 is 0 Å². The third-order valence-electron chi connectivity index (χ3n) is 8.16. The Morgan fingerprint density at radius 1 is 0.976 bits per heavy atom. The zero-order valence-corrected chi connectivity index (χ0v) is 25.8. The van der Waals surface area contributed by atoms with Gasteiger partial charge in [-0.25, -0.2) is 13.2 Å². The molecule has 3 aromatic rings. The molecule has 1 aliphatic rings. The highest BCUT2D eigenvalue weighted by Crippen LogP contribution is 2.43. The second kappa shape index (κ2) is 13.3. The van der Waals surface area contributed by atoms with Crippen molar-refractivity contribution in [2.24, 2.45) is 5.73 Å². The number of amides is 1. The van der Waals surface area contributed by atoms with Gasteiger partial charge in [-0.3, -0.25) is 0 Å². The van der Waals surface area contributed by atoms with Gasteiger partial charge >= 0.3 is 6.09 Å². The Hall–Kier alpha value is -3.40. The highest BCUT2D eigenvalue weighted by atomic mass is 32.2. The van der Waals surface area contributed by atoms with Crippen molar-refractivity contribution in [3.63, 3.8) is 0 Å². The minimum atomic E-state index is -3.96. The fourth-order valence-electron chi connectivity index (χ4n) is 5.80. The van der Waals surface area contributed by atoms with Crippen molar-refractivity contribution in [1.29, 1.82) is 0 Å². The first-order valence-corrected chi connectivity index (χ1v) is 16.0. The first kappa shape index (κ1) is 31.5. The lowest BCUT2D eigenvalue weighted by molar-refractivity contribution is 0.143. The van der Waals surface area contributed by atoms with Gasteiger partial charge in [0, 0.05) is 30.1 Å². The van der Waals surface area contributed by atoms with E-state index in [4.69, 9.17) is 15.2 Å². The molecule has 0 radical (unpaired) electrons. The number of nitrogens with zero attached hydrogens (tertiary/aromatic N) is 1. The molecule has 3 N–H and O–H groups in total. The minimum Gasteiger partial charge on any atom is -0.497 e. The second-order valence-electron chi connectivity index (χ2n) is 12.1. The van der Waals surface area contributed by atoms with Crippen LogP contribution in [0.4, 0.5) is 4.79 Å². The number of methoxy groups -OCH3 is 1. The summed E-state index contributed by atoms with van der Waals surface area (Å²) in [6.45, 7) is 6.57. The van der Waals surface area contributed by atoms with Crippen LogP contribution in [0, 0.1) is 0 Å². The lowest BCUT2D eigenvalue weighted by Gasteiger charge is -2.46. The van der Waals surface area contributed by atoms with E-state index in [1.165, 1.54) is 21.0 Å². The number of nitrogens with one attached hydrogen (secondary N) is 1. The summed E-state index contributed by atoms with van der Waals surface area (Å²) < 4.78 is 38.6. The number of carbonyl (C=O) groups excluding carboxylic acids is 1. The van der Waals surface area contributed by atoms with E-state index in [0.717, 1.165) is 43.5 Å². The smallest absolute Gasteiger partial charge is 0.405 e. The molecule has 0 heterocycles. The molecule has 4 rings (SSSR count). The SMILES string of the molecule is COc1cccc(C2(CN(C(C)(C)C)S(=O)(=O)COC(N)=O)CCC(NCc3ccc(-c4ccccc4)cc3)CC2)c1. The number of hydrogen-bond donors (Lipinski definition) is 2. The van der Waals surface area contributed by atoms with E-state index < -0.39 is 33.0 Å². The number of primary amides is 1. The maximum Gasteiger partial charge on any atom is 0.405 e. The molecule has 42 heavy (non-hydrogen) atoms. The summed E-state index contributed by atoms with van der Waals surface area (Å²) in [4.78, 5) is 11.2. The molecule has 1 amide bonds. The Morgan fingerprint density at radius 3 is 2.21 bits per heavy atom. The van der Waals surface area contributed by atoms with Crippen molar-refractivity contribution in [2.75, 3.05) is 19.6 Å². The molecule has 0 bridgehead atoms. The molecule has 0 unspecified atom stereocenters. The maximum atomic E-state index is 13.4. The molecule has 0 aromatic heterocycles. The largest absolute Gasteiger partial charge is 0.497 e. The zero-order valence-electron chi connectivity index (χ0n) is 25.0. The Balaban J connectivity index is 1.51. The van der Waals surface area contributed by atoms with Gasteiger partial charge in [-0.2, -0.15) is 4.31 Å². The van der Waals surface area contributed by atoms with Gasteiger partial charge in [-0.15, -0.1) is 0 Å². The summed E-state index contributed by atoms with van der Waals surface area (Å²) >= 11 is 0. The van der Waals surface area contributed by atoms with E-state index in [-0.39, 0.29) is 6.54 Å². The average molecular weight is 594 g/mol. The summed E-state index contributed by atoms with van der Waals surface area (Å²) in [6.07, 6.45) is 2.22. The molecule has 226 valence electrons. The van der Waals surface area contributed by atoms with Crippen LogP contribution in [-0.2, 0) is 26.7 Å². The normalized spacial score (nSPS) is 19.4. The van der Waals surface area contributed by atoms with E-state index in [2.05, 4.69) is 47.8 Å². The highest BCUT2D eigenvalue weighted by molar-refractivity contribution is 7.89. The van der Waals surface area contributed by atoms with Crippen LogP contribution in [-0.4, -0.2) is 50.0 Å². The van der Waals surface area contributed by atoms with Crippen LogP contribution in [0.5, 0.6) is 5.75 Å². The molecule has 8 nitrogen and oxygen atoms in total.